The number of nitrogens with zero attached hydrogens (tertiary/aromatic N) is 5. The lowest BCUT2D eigenvalue weighted by Crippen LogP contribution is -2.55. The molecule has 5 heterocycles. The van der Waals surface area contributed by atoms with E-state index in [9.17, 15) is 18.0 Å². The highest BCUT2D eigenvalue weighted by Crippen LogP contribution is 2.37. The second-order valence-electron chi connectivity index (χ2n) is 10.5. The van der Waals surface area contributed by atoms with Crippen LogP contribution in [-0.4, -0.2) is 83.8 Å². The number of rotatable bonds is 10. The standard InChI is InChI=1S/C31H37F3N6O4/c1-4-20-19-39(30(41)23-9-12-26(42-5-2)38-27(23)31(32,33)34)16-17-40(20)25-11-10-24(22-8-7-14-36-28(22)43-6-3)37-29(25)44-21-13-15-35-18-21/h7-12,14,20-21,35H,4-6,13,15-19H2,1-3H3/t20-,21+/m1/s1. The Labute approximate surface area is 254 Å². The zero-order valence-corrected chi connectivity index (χ0v) is 25.1. The molecule has 0 saturated carbocycles. The molecule has 10 nitrogen and oxygen atoms in total. The van der Waals surface area contributed by atoms with Gasteiger partial charge in [0.15, 0.2) is 5.69 Å². The second kappa shape index (κ2) is 13.7. The average molecular weight is 615 g/mol. The van der Waals surface area contributed by atoms with E-state index >= 15 is 0 Å². The predicted molar refractivity (Wildman–Crippen MR) is 158 cm³/mol. The number of halogens is 3. The summed E-state index contributed by atoms with van der Waals surface area (Å²) in [4.78, 5) is 30.0. The van der Waals surface area contributed by atoms with Crippen molar-refractivity contribution in [3.8, 4) is 28.9 Å². The van der Waals surface area contributed by atoms with E-state index in [4.69, 9.17) is 19.2 Å². The summed E-state index contributed by atoms with van der Waals surface area (Å²) >= 11 is 0. The lowest BCUT2D eigenvalue weighted by Gasteiger charge is -2.43. The Balaban J connectivity index is 1.43. The number of hydrogen-bond donors (Lipinski definition) is 1. The fourth-order valence-corrected chi connectivity index (χ4v) is 5.55. The SMILES string of the molecule is CCOc1ccc(C(=O)N2CCN(c3ccc(-c4cccnc4OCC)nc3O[C@H]3CCNC3)[C@H](CC)C2)c(C(F)(F)F)n1. The molecule has 3 aromatic rings. The number of alkyl halides is 3. The molecule has 2 saturated heterocycles. The van der Waals surface area contributed by atoms with Gasteiger partial charge in [0, 0.05) is 44.5 Å². The van der Waals surface area contributed by atoms with Gasteiger partial charge in [0.1, 0.15) is 11.8 Å². The lowest BCUT2D eigenvalue weighted by atomic mass is 10.1. The molecule has 0 bridgehead atoms. The number of pyridine rings is 3. The maximum Gasteiger partial charge on any atom is 0.434 e. The molecule has 13 heteroatoms. The molecule has 44 heavy (non-hydrogen) atoms. The van der Waals surface area contributed by atoms with Crippen LogP contribution >= 0.6 is 0 Å². The highest BCUT2D eigenvalue weighted by molar-refractivity contribution is 5.95. The van der Waals surface area contributed by atoms with E-state index in [1.165, 1.54) is 11.0 Å². The van der Waals surface area contributed by atoms with Crippen molar-refractivity contribution in [1.29, 1.82) is 0 Å². The van der Waals surface area contributed by atoms with Crippen molar-refractivity contribution in [3.05, 3.63) is 53.9 Å². The summed E-state index contributed by atoms with van der Waals surface area (Å²) in [6.07, 6.45) is -1.74. The first-order valence-corrected chi connectivity index (χ1v) is 15.0. The Morgan fingerprint density at radius 3 is 2.55 bits per heavy atom. The van der Waals surface area contributed by atoms with Crippen molar-refractivity contribution < 1.29 is 32.2 Å². The van der Waals surface area contributed by atoms with Gasteiger partial charge in [-0.2, -0.15) is 13.2 Å². The van der Waals surface area contributed by atoms with Gasteiger partial charge in [0.2, 0.25) is 17.6 Å². The van der Waals surface area contributed by atoms with Crippen LogP contribution in [0.3, 0.4) is 0 Å². The smallest absolute Gasteiger partial charge is 0.434 e. The maximum absolute atomic E-state index is 13.9. The summed E-state index contributed by atoms with van der Waals surface area (Å²) in [6.45, 7) is 8.50. The average Bonchev–Trinajstić information content (AvgIpc) is 3.54. The molecule has 0 spiro atoms. The topological polar surface area (TPSA) is 102 Å². The van der Waals surface area contributed by atoms with Gasteiger partial charge in [0.05, 0.1) is 30.0 Å². The number of amides is 1. The monoisotopic (exact) mass is 614 g/mol. The van der Waals surface area contributed by atoms with Gasteiger partial charge < -0.3 is 29.3 Å². The number of carbonyl (C=O) groups excluding carboxylic acids is 1. The van der Waals surface area contributed by atoms with Crippen LogP contribution in [0.5, 0.6) is 17.6 Å². The van der Waals surface area contributed by atoms with Crippen molar-refractivity contribution in [1.82, 2.24) is 25.2 Å². The summed E-state index contributed by atoms with van der Waals surface area (Å²) in [5.41, 5.74) is 0.416. The fourth-order valence-electron chi connectivity index (χ4n) is 5.55. The fraction of sp³-hybridized carbons (Fsp3) is 0.484. The second-order valence-corrected chi connectivity index (χ2v) is 10.5. The van der Waals surface area contributed by atoms with Gasteiger partial charge >= 0.3 is 6.18 Å². The van der Waals surface area contributed by atoms with Crippen molar-refractivity contribution in [3.63, 3.8) is 0 Å². The van der Waals surface area contributed by atoms with Crippen molar-refractivity contribution in [2.45, 2.75) is 51.9 Å². The zero-order valence-electron chi connectivity index (χ0n) is 25.1. The first-order chi connectivity index (χ1) is 21.2. The molecule has 2 fully saturated rings. The molecule has 1 amide bonds. The predicted octanol–water partition coefficient (Wildman–Crippen LogP) is 4.84. The Morgan fingerprint density at radius 2 is 1.84 bits per heavy atom. The summed E-state index contributed by atoms with van der Waals surface area (Å²) in [6, 6.07) is 9.81. The van der Waals surface area contributed by atoms with Crippen LogP contribution in [-0.2, 0) is 6.18 Å². The molecule has 0 unspecified atom stereocenters. The van der Waals surface area contributed by atoms with E-state index in [1.54, 1.807) is 13.1 Å². The normalized spacial score (nSPS) is 18.8. The third-order valence-corrected chi connectivity index (χ3v) is 7.67. The number of piperazine rings is 1. The molecule has 5 rings (SSSR count). The van der Waals surface area contributed by atoms with E-state index in [1.807, 2.05) is 38.1 Å². The summed E-state index contributed by atoms with van der Waals surface area (Å²) in [7, 11) is 0. The van der Waals surface area contributed by atoms with E-state index in [0.717, 1.165) is 30.3 Å². The van der Waals surface area contributed by atoms with Gasteiger partial charge in [-0.05, 0) is 63.6 Å². The molecule has 0 radical (unpaired) electrons. The van der Waals surface area contributed by atoms with Crippen molar-refractivity contribution in [2.24, 2.45) is 0 Å². The largest absolute Gasteiger partial charge is 0.478 e. The first-order valence-electron chi connectivity index (χ1n) is 15.0. The first kappa shape index (κ1) is 31.3. The number of ether oxygens (including phenoxy) is 3. The molecule has 3 aromatic heterocycles. The number of hydrogen-bond acceptors (Lipinski definition) is 9. The minimum atomic E-state index is -4.81. The van der Waals surface area contributed by atoms with E-state index < -0.39 is 23.3 Å². The molecule has 2 aliphatic rings. The van der Waals surface area contributed by atoms with Gasteiger partial charge in [-0.25, -0.2) is 15.0 Å². The minimum Gasteiger partial charge on any atom is -0.478 e. The lowest BCUT2D eigenvalue weighted by molar-refractivity contribution is -0.141. The van der Waals surface area contributed by atoms with Crippen LogP contribution in [0.4, 0.5) is 18.9 Å². The maximum atomic E-state index is 13.9. The molecular weight excluding hydrogens is 577 g/mol. The molecule has 0 aliphatic carbocycles. The number of aromatic nitrogens is 3. The zero-order chi connectivity index (χ0) is 31.3. The molecule has 1 N–H and O–H groups in total. The molecular formula is C31H37F3N6O4. The van der Waals surface area contributed by atoms with Crippen LogP contribution in [0.15, 0.2) is 42.6 Å². The van der Waals surface area contributed by atoms with E-state index in [2.05, 4.69) is 20.2 Å². The van der Waals surface area contributed by atoms with Gasteiger partial charge in [-0.15, -0.1) is 0 Å². The number of nitrogens with one attached hydrogen (secondary N) is 1. The summed E-state index contributed by atoms with van der Waals surface area (Å²) in [5, 5.41) is 3.31. The van der Waals surface area contributed by atoms with Crippen molar-refractivity contribution in [2.75, 3.05) is 50.8 Å². The van der Waals surface area contributed by atoms with Crippen molar-refractivity contribution >= 4 is 11.6 Å². The number of anilines is 1. The van der Waals surface area contributed by atoms with Gasteiger partial charge in [-0.1, -0.05) is 6.92 Å². The highest BCUT2D eigenvalue weighted by atomic mass is 19.4. The van der Waals surface area contributed by atoms with Crippen LogP contribution in [0.2, 0.25) is 0 Å². The number of carbonyl (C=O) groups is 1. The highest BCUT2D eigenvalue weighted by Gasteiger charge is 2.40. The van der Waals surface area contributed by atoms with E-state index in [0.29, 0.717) is 43.6 Å². The van der Waals surface area contributed by atoms with Crippen LogP contribution in [0.25, 0.3) is 11.3 Å². The molecule has 2 aliphatic heterocycles. The van der Waals surface area contributed by atoms with E-state index in [-0.39, 0.29) is 37.7 Å². The quantitative estimate of drug-likeness (QED) is 0.344. The summed E-state index contributed by atoms with van der Waals surface area (Å²) < 4.78 is 59.1. The van der Waals surface area contributed by atoms with Gasteiger partial charge in [0.25, 0.3) is 5.91 Å². The third-order valence-electron chi connectivity index (χ3n) is 7.67. The Kier molecular flexibility index (Phi) is 9.72. The Hall–Kier alpha value is -4.13. The Morgan fingerprint density at radius 1 is 1.02 bits per heavy atom. The van der Waals surface area contributed by atoms with Crippen LogP contribution < -0.4 is 24.4 Å². The molecule has 0 aromatic carbocycles. The molecule has 236 valence electrons. The Bertz CT molecular complexity index is 1450. The molecule has 2 atom stereocenters. The third kappa shape index (κ3) is 6.82. The minimum absolute atomic E-state index is 0.0624. The van der Waals surface area contributed by atoms with Crippen LogP contribution in [0.1, 0.15) is 49.7 Å². The van der Waals surface area contributed by atoms with Crippen LogP contribution in [0, 0.1) is 0 Å². The van der Waals surface area contributed by atoms with Gasteiger partial charge in [-0.3, -0.25) is 4.79 Å². The summed E-state index contributed by atoms with van der Waals surface area (Å²) in [5.74, 6) is 0.0429.